The lowest BCUT2D eigenvalue weighted by Gasteiger charge is -2.16. The summed E-state index contributed by atoms with van der Waals surface area (Å²) < 4.78 is 26.0. The second-order valence-corrected chi connectivity index (χ2v) is 5.81. The molecule has 3 nitrogen and oxygen atoms in total. The van der Waals surface area contributed by atoms with E-state index in [-0.39, 0.29) is 11.8 Å². The second kappa shape index (κ2) is 8.72. The lowest BCUT2D eigenvalue weighted by Crippen LogP contribution is -2.30. The van der Waals surface area contributed by atoms with Gasteiger partial charge in [0, 0.05) is 19.0 Å². The van der Waals surface area contributed by atoms with Crippen molar-refractivity contribution < 1.29 is 13.6 Å². The molecule has 0 heterocycles. The van der Waals surface area contributed by atoms with Crippen molar-refractivity contribution in [1.29, 1.82) is 0 Å². The summed E-state index contributed by atoms with van der Waals surface area (Å²) >= 11 is 0. The first-order valence-electron chi connectivity index (χ1n) is 7.32. The summed E-state index contributed by atoms with van der Waals surface area (Å²) in [7, 11) is 0. The van der Waals surface area contributed by atoms with E-state index in [1.165, 1.54) is 12.1 Å². The number of hydrogen-bond donors (Lipinski definition) is 2. The molecule has 21 heavy (non-hydrogen) atoms. The summed E-state index contributed by atoms with van der Waals surface area (Å²) in [5.74, 6) is -0.589. The standard InChI is InChI=1S/C16H24F2N2O/c1-11(2)5-13(10-19)8-16(21)20-4-3-12-6-14(17)9-15(18)7-12/h6-7,9,11,13H,3-5,8,10,19H2,1-2H3,(H,20,21). The van der Waals surface area contributed by atoms with Crippen molar-refractivity contribution in [2.45, 2.75) is 33.1 Å². The fraction of sp³-hybridized carbons (Fsp3) is 0.562. The quantitative estimate of drug-likeness (QED) is 0.775. The minimum atomic E-state index is -0.601. The van der Waals surface area contributed by atoms with Gasteiger partial charge < -0.3 is 11.1 Å². The number of rotatable bonds is 8. The third-order valence-corrected chi connectivity index (χ3v) is 3.27. The molecule has 1 atom stereocenters. The van der Waals surface area contributed by atoms with Crippen LogP contribution in [0.3, 0.4) is 0 Å². The molecule has 118 valence electrons. The number of nitrogens with one attached hydrogen (secondary N) is 1. The van der Waals surface area contributed by atoms with Gasteiger partial charge in [-0.3, -0.25) is 4.79 Å². The average molecular weight is 298 g/mol. The number of carbonyl (C=O) groups is 1. The zero-order chi connectivity index (χ0) is 15.8. The van der Waals surface area contributed by atoms with E-state index in [1.807, 2.05) is 0 Å². The zero-order valence-corrected chi connectivity index (χ0v) is 12.7. The van der Waals surface area contributed by atoms with E-state index < -0.39 is 11.6 Å². The van der Waals surface area contributed by atoms with E-state index in [4.69, 9.17) is 5.73 Å². The van der Waals surface area contributed by atoms with E-state index in [0.717, 1.165) is 12.5 Å². The molecule has 0 aromatic heterocycles. The predicted molar refractivity (Wildman–Crippen MR) is 79.7 cm³/mol. The lowest BCUT2D eigenvalue weighted by atomic mass is 9.94. The highest BCUT2D eigenvalue weighted by Crippen LogP contribution is 2.14. The molecule has 0 spiro atoms. The number of amides is 1. The molecule has 1 rings (SSSR count). The maximum absolute atomic E-state index is 13.0. The van der Waals surface area contributed by atoms with Gasteiger partial charge in [0.15, 0.2) is 0 Å². The summed E-state index contributed by atoms with van der Waals surface area (Å²) in [6.45, 7) is 5.04. The molecule has 0 bridgehead atoms. The molecule has 0 saturated heterocycles. The molecule has 0 saturated carbocycles. The van der Waals surface area contributed by atoms with Crippen LogP contribution >= 0.6 is 0 Å². The molecule has 1 aromatic rings. The molecule has 1 amide bonds. The number of halogens is 2. The van der Waals surface area contributed by atoms with Crippen molar-refractivity contribution in [3.63, 3.8) is 0 Å². The summed E-state index contributed by atoms with van der Waals surface area (Å²) in [5.41, 5.74) is 6.19. The van der Waals surface area contributed by atoms with Crippen molar-refractivity contribution in [3.05, 3.63) is 35.4 Å². The molecule has 0 aliphatic rings. The van der Waals surface area contributed by atoms with E-state index in [1.54, 1.807) is 0 Å². The fourth-order valence-corrected chi connectivity index (χ4v) is 2.37. The van der Waals surface area contributed by atoms with E-state index in [2.05, 4.69) is 19.2 Å². The normalized spacial score (nSPS) is 12.5. The van der Waals surface area contributed by atoms with Crippen molar-refractivity contribution in [3.8, 4) is 0 Å². The van der Waals surface area contributed by atoms with Crippen LogP contribution in [-0.4, -0.2) is 19.0 Å². The Labute approximate surface area is 124 Å². The lowest BCUT2D eigenvalue weighted by molar-refractivity contribution is -0.122. The summed E-state index contributed by atoms with van der Waals surface area (Å²) in [5, 5.41) is 2.77. The van der Waals surface area contributed by atoms with Crippen molar-refractivity contribution in [2.24, 2.45) is 17.6 Å². The van der Waals surface area contributed by atoms with Crippen LogP contribution in [0.1, 0.15) is 32.3 Å². The highest BCUT2D eigenvalue weighted by atomic mass is 19.1. The van der Waals surface area contributed by atoms with Crippen molar-refractivity contribution >= 4 is 5.91 Å². The van der Waals surface area contributed by atoms with Gasteiger partial charge in [0.25, 0.3) is 0 Å². The number of benzene rings is 1. The Hall–Kier alpha value is -1.49. The number of hydrogen-bond acceptors (Lipinski definition) is 2. The SMILES string of the molecule is CC(C)CC(CN)CC(=O)NCCc1cc(F)cc(F)c1. The molecule has 1 aromatic carbocycles. The van der Waals surface area contributed by atoms with Gasteiger partial charge in [0.1, 0.15) is 11.6 Å². The van der Waals surface area contributed by atoms with Crippen LogP contribution in [0, 0.1) is 23.5 Å². The third kappa shape index (κ3) is 7.18. The van der Waals surface area contributed by atoms with Crippen LogP contribution in [0.5, 0.6) is 0 Å². The average Bonchev–Trinajstić information content (AvgIpc) is 2.36. The fourth-order valence-electron chi connectivity index (χ4n) is 2.37. The van der Waals surface area contributed by atoms with Gasteiger partial charge in [0.05, 0.1) is 0 Å². The van der Waals surface area contributed by atoms with Gasteiger partial charge in [-0.15, -0.1) is 0 Å². The Morgan fingerprint density at radius 2 is 1.86 bits per heavy atom. The van der Waals surface area contributed by atoms with Crippen LogP contribution in [0.2, 0.25) is 0 Å². The molecule has 5 heteroatoms. The van der Waals surface area contributed by atoms with Gasteiger partial charge in [-0.1, -0.05) is 13.8 Å². The second-order valence-electron chi connectivity index (χ2n) is 5.81. The molecular weight excluding hydrogens is 274 g/mol. The molecular formula is C16H24F2N2O. The minimum absolute atomic E-state index is 0.0667. The predicted octanol–water partition coefficient (Wildman–Crippen LogP) is 2.63. The number of nitrogens with two attached hydrogens (primary N) is 1. The van der Waals surface area contributed by atoms with Crippen LogP contribution in [0.4, 0.5) is 8.78 Å². The van der Waals surface area contributed by atoms with Crippen LogP contribution in [0.15, 0.2) is 18.2 Å². The highest BCUT2D eigenvalue weighted by molar-refractivity contribution is 5.76. The minimum Gasteiger partial charge on any atom is -0.356 e. The molecule has 0 radical (unpaired) electrons. The topological polar surface area (TPSA) is 55.1 Å². The highest BCUT2D eigenvalue weighted by Gasteiger charge is 2.13. The van der Waals surface area contributed by atoms with Crippen molar-refractivity contribution in [2.75, 3.05) is 13.1 Å². The Balaban J connectivity index is 2.35. The van der Waals surface area contributed by atoms with Crippen LogP contribution < -0.4 is 11.1 Å². The van der Waals surface area contributed by atoms with Gasteiger partial charge in [0.2, 0.25) is 5.91 Å². The number of carbonyl (C=O) groups excluding carboxylic acids is 1. The van der Waals surface area contributed by atoms with Gasteiger partial charge in [-0.05, 0) is 48.9 Å². The molecule has 3 N–H and O–H groups in total. The first-order chi connectivity index (χ1) is 9.90. The van der Waals surface area contributed by atoms with E-state index >= 15 is 0 Å². The van der Waals surface area contributed by atoms with Crippen LogP contribution in [-0.2, 0) is 11.2 Å². The maximum atomic E-state index is 13.0. The summed E-state index contributed by atoms with van der Waals surface area (Å²) in [6, 6.07) is 3.38. The first kappa shape index (κ1) is 17.6. The van der Waals surface area contributed by atoms with E-state index in [9.17, 15) is 13.6 Å². The third-order valence-electron chi connectivity index (χ3n) is 3.27. The Morgan fingerprint density at radius 3 is 2.38 bits per heavy atom. The Kier molecular flexibility index (Phi) is 7.29. The molecule has 0 aliphatic carbocycles. The van der Waals surface area contributed by atoms with Gasteiger partial charge in [-0.25, -0.2) is 8.78 Å². The molecule has 0 fully saturated rings. The largest absolute Gasteiger partial charge is 0.356 e. The summed E-state index contributed by atoms with van der Waals surface area (Å²) in [6.07, 6.45) is 1.71. The Bertz CT molecular complexity index is 443. The zero-order valence-electron chi connectivity index (χ0n) is 12.7. The maximum Gasteiger partial charge on any atom is 0.220 e. The summed E-state index contributed by atoms with van der Waals surface area (Å²) in [4.78, 5) is 11.8. The molecule has 0 aliphatic heterocycles. The van der Waals surface area contributed by atoms with Crippen LogP contribution in [0.25, 0.3) is 0 Å². The van der Waals surface area contributed by atoms with Crippen molar-refractivity contribution in [1.82, 2.24) is 5.32 Å². The van der Waals surface area contributed by atoms with Gasteiger partial charge >= 0.3 is 0 Å². The monoisotopic (exact) mass is 298 g/mol. The smallest absolute Gasteiger partial charge is 0.220 e. The van der Waals surface area contributed by atoms with Gasteiger partial charge in [-0.2, -0.15) is 0 Å². The first-order valence-corrected chi connectivity index (χ1v) is 7.32. The Morgan fingerprint density at radius 1 is 1.24 bits per heavy atom. The van der Waals surface area contributed by atoms with E-state index in [0.29, 0.717) is 37.4 Å². The molecule has 1 unspecified atom stereocenters.